The number of unbranched alkanes of at least 4 members (excludes halogenated alkanes) is 3. The van der Waals surface area contributed by atoms with Crippen molar-refractivity contribution in [2.45, 2.75) is 221 Å². The van der Waals surface area contributed by atoms with Crippen molar-refractivity contribution < 1.29 is 137 Å². The Morgan fingerprint density at radius 3 is 0.854 bits per heavy atom. The number of carbonyl (C=O) groups excluding carboxylic acids is 10. The Kier molecular flexibility index (Phi) is 46.0. The number of ether oxygens (including phenoxy) is 9. The monoisotopic (exact) mass is 1490 g/mol. The van der Waals surface area contributed by atoms with Crippen LogP contribution in [0.3, 0.4) is 0 Å². The topological polar surface area (TPSA) is 582 Å². The van der Waals surface area contributed by atoms with Crippen molar-refractivity contribution in [1.82, 2.24) is 53.2 Å². The molecule has 3 saturated heterocycles. The van der Waals surface area contributed by atoms with Crippen LogP contribution in [0, 0.1) is 0 Å². The normalized spacial score (nSPS) is 24.8. The second-order valence-electron chi connectivity index (χ2n) is 25.2. The van der Waals surface area contributed by atoms with Crippen molar-refractivity contribution in [2.75, 3.05) is 125 Å². The molecule has 39 heteroatoms. The summed E-state index contributed by atoms with van der Waals surface area (Å²) in [7, 11) is 0. The first-order valence-electron chi connectivity index (χ1n) is 35.2. The van der Waals surface area contributed by atoms with Crippen LogP contribution in [0.15, 0.2) is 0 Å². The van der Waals surface area contributed by atoms with Gasteiger partial charge in [-0.1, -0.05) is 0 Å². The lowest BCUT2D eigenvalue weighted by Gasteiger charge is -2.42. The highest BCUT2D eigenvalue weighted by molar-refractivity contribution is 5.79. The number of nitrogens with two attached hydrogens (primary N) is 1. The molecule has 3 heterocycles. The molecule has 10 amide bonds. The number of aliphatic hydroxyl groups excluding tert-OH is 9. The van der Waals surface area contributed by atoms with E-state index in [0.717, 1.165) is 0 Å². The number of hydrogen-bond donors (Lipinski definition) is 20. The van der Waals surface area contributed by atoms with E-state index in [1.165, 1.54) is 20.8 Å². The Bertz CT molecular complexity index is 2280. The number of carbonyl (C=O) groups is 10. The number of rotatable bonds is 54. The standard InChI is InChI=1S/C64H115N11O28/c1-39(79)72-52-58(92)55(89)42(33-76)101-61(52)98-27-7-4-13-45(82)66-21-10-24-69-48(85)17-30-95-36-64(75-51(88)16-20-65,37-96-31-18-49(86)70-25-11-22-67-46(83)14-5-8-28-99-62-53(73-40(2)80)59(93)56(90)43(34-77)102-62)38-97-32-19-50(87)71-26-12-23-68-47(84)15-6-9-29-100-63-54(74-41(3)81)60(94)57(91)44(35-78)103-63/h42-44,52-63,76-78,89-94H,4-38,65H2,1-3H3,(H,66,82)(H,67,83)(H,68,84)(H,69,85)(H,70,86)(H,71,87)(H,72,79)(H,73,80)(H,74,81)(H,75,88)/t42-,43-,44-,52-,53-,54-,55+,56+,57+,58-,59-,60-,61-,62-,63-/m1/s1. The van der Waals surface area contributed by atoms with Gasteiger partial charge in [0.25, 0.3) is 0 Å². The fourth-order valence-electron chi connectivity index (χ4n) is 10.8. The fraction of sp³-hybridized carbons (Fsp3) is 0.844. The molecule has 0 aromatic heterocycles. The van der Waals surface area contributed by atoms with Crippen molar-refractivity contribution in [1.29, 1.82) is 0 Å². The molecule has 3 rings (SSSR count). The van der Waals surface area contributed by atoms with Gasteiger partial charge in [0, 0.05) is 131 Å². The molecule has 0 unspecified atom stereocenters. The highest BCUT2D eigenvalue weighted by Crippen LogP contribution is 2.26. The molecule has 15 atom stereocenters. The van der Waals surface area contributed by atoms with Gasteiger partial charge in [0.2, 0.25) is 59.1 Å². The second-order valence-corrected chi connectivity index (χ2v) is 25.2. The highest BCUT2D eigenvalue weighted by Gasteiger charge is 2.48. The molecule has 0 bridgehead atoms. The minimum Gasteiger partial charge on any atom is -0.394 e. The second kappa shape index (κ2) is 52.0. The lowest BCUT2D eigenvalue weighted by atomic mass is 9.97. The van der Waals surface area contributed by atoms with Gasteiger partial charge in [0.05, 0.1) is 59.5 Å². The maximum atomic E-state index is 13.2. The molecule has 103 heavy (non-hydrogen) atoms. The maximum Gasteiger partial charge on any atom is 0.222 e. The first kappa shape index (κ1) is 91.2. The SMILES string of the molecule is CC(=O)N[C@H]1[C@H](OCCCCC(=O)NCCCNC(=O)CCOCC(COCCC(=O)NCCCNC(=O)CCCCO[C@@H]2O[C@H](CO)[C@H](O)[C@H](O)[C@H]2NC(C)=O)(COCCC(=O)NCCCNC(=O)CCCCO[C@@H]2O[C@H](CO)[C@H](O)[C@H](O)[C@H]2NC(C)=O)NC(=O)CCN)O[C@H](CO)[C@H](O)[C@@H]1O. The largest absolute Gasteiger partial charge is 0.394 e. The van der Waals surface area contributed by atoms with E-state index in [1.54, 1.807) is 0 Å². The first-order chi connectivity index (χ1) is 49.3. The first-order valence-corrected chi connectivity index (χ1v) is 35.2. The van der Waals surface area contributed by atoms with Crippen LogP contribution in [0.1, 0.15) is 124 Å². The molecule has 594 valence electrons. The Labute approximate surface area is 598 Å². The molecular formula is C64H115N11O28. The average Bonchev–Trinajstić information content (AvgIpc) is 0.823. The van der Waals surface area contributed by atoms with Crippen LogP contribution in [0.5, 0.6) is 0 Å². The van der Waals surface area contributed by atoms with E-state index in [4.69, 9.17) is 48.4 Å². The molecule has 0 aromatic carbocycles. The summed E-state index contributed by atoms with van der Waals surface area (Å²) in [6.45, 7) is 2.35. The number of amides is 10. The van der Waals surface area contributed by atoms with Crippen LogP contribution in [0.25, 0.3) is 0 Å². The summed E-state index contributed by atoms with van der Waals surface area (Å²) >= 11 is 0. The summed E-state index contributed by atoms with van der Waals surface area (Å²) in [4.78, 5) is 124. The van der Waals surface area contributed by atoms with Crippen molar-refractivity contribution in [3.63, 3.8) is 0 Å². The van der Waals surface area contributed by atoms with Gasteiger partial charge in [-0.05, 0) is 57.8 Å². The predicted molar refractivity (Wildman–Crippen MR) is 358 cm³/mol. The summed E-state index contributed by atoms with van der Waals surface area (Å²) < 4.78 is 51.5. The minimum atomic E-state index is -1.46. The summed E-state index contributed by atoms with van der Waals surface area (Å²) in [5.74, 6) is -3.86. The molecule has 3 aliphatic heterocycles. The van der Waals surface area contributed by atoms with Crippen LogP contribution in [-0.2, 0) is 90.6 Å². The molecule has 0 saturated carbocycles. The minimum absolute atomic E-state index is 0.0154. The summed E-state index contributed by atoms with van der Waals surface area (Å²) in [6.07, 6.45) is -12.0. The van der Waals surface area contributed by atoms with E-state index in [0.29, 0.717) is 57.8 Å². The predicted octanol–water partition coefficient (Wildman–Crippen LogP) is -8.33. The lowest BCUT2D eigenvalue weighted by molar-refractivity contribution is -0.270. The zero-order valence-electron chi connectivity index (χ0n) is 59.3. The van der Waals surface area contributed by atoms with E-state index in [2.05, 4.69) is 53.2 Å². The maximum absolute atomic E-state index is 13.2. The van der Waals surface area contributed by atoms with Crippen LogP contribution < -0.4 is 58.9 Å². The van der Waals surface area contributed by atoms with E-state index >= 15 is 0 Å². The molecular weight excluding hydrogens is 1370 g/mol. The van der Waals surface area contributed by atoms with E-state index in [9.17, 15) is 93.9 Å². The van der Waals surface area contributed by atoms with Crippen LogP contribution in [0.2, 0.25) is 0 Å². The van der Waals surface area contributed by atoms with Crippen LogP contribution >= 0.6 is 0 Å². The third-order valence-corrected chi connectivity index (χ3v) is 16.3. The average molecular weight is 1490 g/mol. The molecule has 21 N–H and O–H groups in total. The van der Waals surface area contributed by atoms with Gasteiger partial charge in [-0.15, -0.1) is 0 Å². The van der Waals surface area contributed by atoms with Crippen LogP contribution in [0.4, 0.5) is 0 Å². The Morgan fingerprint density at radius 2 is 0.612 bits per heavy atom. The molecule has 0 aromatic rings. The summed E-state index contributed by atoms with van der Waals surface area (Å²) in [5, 5.41) is 117. The van der Waals surface area contributed by atoms with E-state index in [-0.39, 0.29) is 186 Å². The molecule has 3 aliphatic rings. The quantitative estimate of drug-likeness (QED) is 0.0252. The third kappa shape index (κ3) is 36.7. The molecule has 3 fully saturated rings. The van der Waals surface area contributed by atoms with E-state index in [1.807, 2.05) is 0 Å². The van der Waals surface area contributed by atoms with Crippen molar-refractivity contribution >= 4 is 59.1 Å². The number of nitrogens with one attached hydrogen (secondary N) is 10. The van der Waals surface area contributed by atoms with Gasteiger partial charge < -0.3 is 147 Å². The van der Waals surface area contributed by atoms with Gasteiger partial charge in [-0.2, -0.15) is 0 Å². The smallest absolute Gasteiger partial charge is 0.222 e. The van der Waals surface area contributed by atoms with Gasteiger partial charge in [0.15, 0.2) is 18.9 Å². The molecule has 39 nitrogen and oxygen atoms in total. The number of aliphatic hydroxyl groups is 9. The zero-order chi connectivity index (χ0) is 76.1. The van der Waals surface area contributed by atoms with Gasteiger partial charge in [-0.3, -0.25) is 47.9 Å². The van der Waals surface area contributed by atoms with Crippen molar-refractivity contribution in [3.8, 4) is 0 Å². The van der Waals surface area contributed by atoms with Crippen molar-refractivity contribution in [2.24, 2.45) is 5.73 Å². The van der Waals surface area contributed by atoms with Crippen molar-refractivity contribution in [3.05, 3.63) is 0 Å². The van der Waals surface area contributed by atoms with Gasteiger partial charge >= 0.3 is 0 Å². The Hall–Kier alpha value is -6.06. The number of hydrogen-bond acceptors (Lipinski definition) is 29. The Morgan fingerprint density at radius 1 is 0.350 bits per heavy atom. The molecule has 0 aliphatic carbocycles. The summed E-state index contributed by atoms with van der Waals surface area (Å²) in [6, 6.07) is -3.27. The molecule has 0 radical (unpaired) electrons. The lowest BCUT2D eigenvalue weighted by Crippen LogP contribution is -2.64. The third-order valence-electron chi connectivity index (χ3n) is 16.3. The highest BCUT2D eigenvalue weighted by atomic mass is 16.7. The van der Waals surface area contributed by atoms with Gasteiger partial charge in [0.1, 0.15) is 78.6 Å². The molecule has 0 spiro atoms. The Balaban J connectivity index is 1.44. The van der Waals surface area contributed by atoms with Crippen LogP contribution in [-0.4, -0.2) is 328 Å². The van der Waals surface area contributed by atoms with E-state index < -0.39 is 141 Å². The van der Waals surface area contributed by atoms with Gasteiger partial charge in [-0.25, -0.2) is 0 Å². The summed E-state index contributed by atoms with van der Waals surface area (Å²) in [5.41, 5.74) is 4.29. The zero-order valence-corrected chi connectivity index (χ0v) is 59.3. The fourth-order valence-corrected chi connectivity index (χ4v) is 10.8.